The summed E-state index contributed by atoms with van der Waals surface area (Å²) in [5, 5.41) is 0. The maximum absolute atomic E-state index is 11.7. The summed E-state index contributed by atoms with van der Waals surface area (Å²) in [5.74, 6) is -1.78. The number of ketones is 1. The minimum Gasteiger partial charge on any atom is -0.468 e. The van der Waals surface area contributed by atoms with Gasteiger partial charge in [0.25, 0.3) is 0 Å². The van der Waals surface area contributed by atoms with Gasteiger partial charge in [0.05, 0.1) is 12.5 Å². The lowest BCUT2D eigenvalue weighted by molar-refractivity contribution is -0.166. The molecule has 5 nitrogen and oxygen atoms in total. The van der Waals surface area contributed by atoms with Gasteiger partial charge < -0.3 is 9.47 Å². The van der Waals surface area contributed by atoms with Crippen LogP contribution in [0, 0.1) is 11.3 Å². The summed E-state index contributed by atoms with van der Waals surface area (Å²) in [6.45, 7) is 5.29. The summed E-state index contributed by atoms with van der Waals surface area (Å²) in [6, 6.07) is 0. The Balaban J connectivity index is 2.63. The van der Waals surface area contributed by atoms with Gasteiger partial charge in [0.2, 0.25) is 0 Å². The SMILES string of the molecule is COC(=O)C1CC(OC(=O)C(C)(C)C)CCC1=O. The summed E-state index contributed by atoms with van der Waals surface area (Å²) < 4.78 is 9.91. The van der Waals surface area contributed by atoms with Gasteiger partial charge in [-0.25, -0.2) is 0 Å². The predicted molar refractivity (Wildman–Crippen MR) is 63.7 cm³/mol. The average Bonchev–Trinajstić information content (AvgIpc) is 2.29. The number of Topliss-reactive ketones (excluding diaryl/α,β-unsaturated/α-hetero) is 1. The molecule has 102 valence electrons. The van der Waals surface area contributed by atoms with Crippen molar-refractivity contribution in [1.29, 1.82) is 0 Å². The molecule has 0 saturated heterocycles. The number of hydrogen-bond acceptors (Lipinski definition) is 5. The summed E-state index contributed by atoms with van der Waals surface area (Å²) in [7, 11) is 1.25. The van der Waals surface area contributed by atoms with Gasteiger partial charge in [0.1, 0.15) is 17.8 Å². The van der Waals surface area contributed by atoms with Crippen molar-refractivity contribution in [3.05, 3.63) is 0 Å². The van der Waals surface area contributed by atoms with Gasteiger partial charge in [0, 0.05) is 12.8 Å². The molecule has 0 N–H and O–H groups in total. The monoisotopic (exact) mass is 256 g/mol. The van der Waals surface area contributed by atoms with E-state index >= 15 is 0 Å². The van der Waals surface area contributed by atoms with Crippen LogP contribution in [0.2, 0.25) is 0 Å². The molecule has 18 heavy (non-hydrogen) atoms. The summed E-state index contributed by atoms with van der Waals surface area (Å²) in [4.78, 5) is 34.7. The number of hydrogen-bond donors (Lipinski definition) is 0. The summed E-state index contributed by atoms with van der Waals surface area (Å²) in [6.07, 6.45) is 0.585. The Morgan fingerprint density at radius 1 is 1.28 bits per heavy atom. The minimum atomic E-state index is -0.790. The second-order valence-corrected chi connectivity index (χ2v) is 5.59. The molecule has 1 aliphatic rings. The Kier molecular flexibility index (Phi) is 4.48. The third-order valence-corrected chi connectivity index (χ3v) is 2.97. The van der Waals surface area contributed by atoms with E-state index in [4.69, 9.17) is 4.74 Å². The fraction of sp³-hybridized carbons (Fsp3) is 0.769. The van der Waals surface area contributed by atoms with Crippen molar-refractivity contribution >= 4 is 17.7 Å². The zero-order valence-electron chi connectivity index (χ0n) is 11.3. The van der Waals surface area contributed by atoms with Crippen LogP contribution in [-0.2, 0) is 23.9 Å². The molecule has 1 aliphatic carbocycles. The quantitative estimate of drug-likeness (QED) is 0.553. The van der Waals surface area contributed by atoms with E-state index in [9.17, 15) is 14.4 Å². The van der Waals surface area contributed by atoms with Crippen LogP contribution >= 0.6 is 0 Å². The average molecular weight is 256 g/mol. The van der Waals surface area contributed by atoms with Crippen molar-refractivity contribution in [1.82, 2.24) is 0 Å². The van der Waals surface area contributed by atoms with Gasteiger partial charge in [-0.3, -0.25) is 14.4 Å². The number of carbonyl (C=O) groups is 3. The second kappa shape index (κ2) is 5.50. The molecular formula is C13H20O5. The van der Waals surface area contributed by atoms with E-state index in [-0.39, 0.29) is 30.7 Å². The fourth-order valence-electron chi connectivity index (χ4n) is 1.79. The number of rotatable bonds is 2. The Morgan fingerprint density at radius 3 is 2.39 bits per heavy atom. The van der Waals surface area contributed by atoms with Crippen molar-refractivity contribution in [2.45, 2.75) is 46.1 Å². The van der Waals surface area contributed by atoms with Crippen LogP contribution in [0.15, 0.2) is 0 Å². The standard InChI is InChI=1S/C13H20O5/c1-13(2,3)12(16)18-8-5-6-10(14)9(7-8)11(15)17-4/h8-9H,5-7H2,1-4H3. The fourth-order valence-corrected chi connectivity index (χ4v) is 1.79. The largest absolute Gasteiger partial charge is 0.468 e. The molecule has 2 atom stereocenters. The van der Waals surface area contributed by atoms with Gasteiger partial charge in [-0.2, -0.15) is 0 Å². The maximum Gasteiger partial charge on any atom is 0.316 e. The molecule has 1 saturated carbocycles. The molecule has 0 amide bonds. The summed E-state index contributed by atoms with van der Waals surface area (Å²) in [5.41, 5.74) is -0.581. The Morgan fingerprint density at radius 2 is 1.89 bits per heavy atom. The molecule has 0 aromatic heterocycles. The highest BCUT2D eigenvalue weighted by Gasteiger charge is 2.37. The summed E-state index contributed by atoms with van der Waals surface area (Å²) >= 11 is 0. The minimum absolute atomic E-state index is 0.134. The number of ether oxygens (including phenoxy) is 2. The van der Waals surface area contributed by atoms with Gasteiger partial charge in [-0.15, -0.1) is 0 Å². The third kappa shape index (κ3) is 3.55. The lowest BCUT2D eigenvalue weighted by Gasteiger charge is -2.28. The van der Waals surface area contributed by atoms with E-state index in [2.05, 4.69) is 4.74 Å². The topological polar surface area (TPSA) is 69.7 Å². The highest BCUT2D eigenvalue weighted by molar-refractivity contribution is 5.99. The normalized spacial score (nSPS) is 24.6. The van der Waals surface area contributed by atoms with Gasteiger partial charge in [-0.1, -0.05) is 0 Å². The first-order chi connectivity index (χ1) is 8.25. The Hall–Kier alpha value is -1.39. The molecule has 2 unspecified atom stereocenters. The van der Waals surface area contributed by atoms with E-state index < -0.39 is 17.3 Å². The van der Waals surface area contributed by atoms with Crippen LogP contribution in [0.3, 0.4) is 0 Å². The van der Waals surface area contributed by atoms with Crippen LogP contribution in [0.5, 0.6) is 0 Å². The molecular weight excluding hydrogens is 236 g/mol. The maximum atomic E-state index is 11.7. The van der Waals surface area contributed by atoms with Crippen LogP contribution in [0.25, 0.3) is 0 Å². The molecule has 1 rings (SSSR count). The molecule has 0 heterocycles. The van der Waals surface area contributed by atoms with Gasteiger partial charge in [-0.05, 0) is 27.2 Å². The smallest absolute Gasteiger partial charge is 0.316 e. The van der Waals surface area contributed by atoms with Crippen LogP contribution in [-0.4, -0.2) is 30.9 Å². The van der Waals surface area contributed by atoms with Crippen molar-refractivity contribution in [3.8, 4) is 0 Å². The predicted octanol–water partition coefficient (Wildman–Crippen LogP) is 1.49. The van der Waals surface area contributed by atoms with E-state index in [0.29, 0.717) is 6.42 Å². The van der Waals surface area contributed by atoms with Crippen molar-refractivity contribution in [3.63, 3.8) is 0 Å². The first kappa shape index (κ1) is 14.7. The second-order valence-electron chi connectivity index (χ2n) is 5.59. The van der Waals surface area contributed by atoms with E-state index in [1.54, 1.807) is 20.8 Å². The van der Waals surface area contributed by atoms with E-state index in [1.807, 2.05) is 0 Å². The molecule has 5 heteroatoms. The van der Waals surface area contributed by atoms with Crippen LogP contribution in [0.4, 0.5) is 0 Å². The molecule has 0 bridgehead atoms. The van der Waals surface area contributed by atoms with Crippen LogP contribution in [0.1, 0.15) is 40.0 Å². The van der Waals surface area contributed by atoms with Crippen molar-refractivity contribution in [2.24, 2.45) is 11.3 Å². The lowest BCUT2D eigenvalue weighted by atomic mass is 9.85. The van der Waals surface area contributed by atoms with Gasteiger partial charge >= 0.3 is 11.9 Å². The molecule has 0 spiro atoms. The van der Waals surface area contributed by atoms with Crippen molar-refractivity contribution < 1.29 is 23.9 Å². The number of esters is 2. The lowest BCUT2D eigenvalue weighted by Crippen LogP contribution is -2.38. The Labute approximate surface area is 107 Å². The molecule has 0 aromatic carbocycles. The zero-order chi connectivity index (χ0) is 13.9. The first-order valence-electron chi connectivity index (χ1n) is 6.07. The van der Waals surface area contributed by atoms with Crippen molar-refractivity contribution in [2.75, 3.05) is 7.11 Å². The highest BCUT2D eigenvalue weighted by atomic mass is 16.5. The van der Waals surface area contributed by atoms with E-state index in [0.717, 1.165) is 0 Å². The number of methoxy groups -OCH3 is 1. The molecule has 0 aromatic rings. The van der Waals surface area contributed by atoms with E-state index in [1.165, 1.54) is 7.11 Å². The number of carbonyl (C=O) groups excluding carboxylic acids is 3. The molecule has 1 fully saturated rings. The molecule has 0 radical (unpaired) electrons. The van der Waals surface area contributed by atoms with Crippen LogP contribution < -0.4 is 0 Å². The Bertz CT molecular complexity index is 345. The highest BCUT2D eigenvalue weighted by Crippen LogP contribution is 2.27. The molecule has 0 aliphatic heterocycles. The first-order valence-corrected chi connectivity index (χ1v) is 6.07. The zero-order valence-corrected chi connectivity index (χ0v) is 11.3. The third-order valence-electron chi connectivity index (χ3n) is 2.97. The van der Waals surface area contributed by atoms with Gasteiger partial charge in [0.15, 0.2) is 0 Å².